The van der Waals surface area contributed by atoms with Gasteiger partial charge in [-0.05, 0) is 51.3 Å². The zero-order valence-electron chi connectivity index (χ0n) is 16.9. The molecule has 1 saturated heterocycles. The van der Waals surface area contributed by atoms with Gasteiger partial charge < -0.3 is 19.9 Å². The van der Waals surface area contributed by atoms with Gasteiger partial charge in [-0.2, -0.15) is 0 Å². The number of halogens is 1. The lowest BCUT2D eigenvalue weighted by Crippen LogP contribution is -2.41. The molecule has 0 bridgehead atoms. The Morgan fingerprint density at radius 1 is 1.18 bits per heavy atom. The van der Waals surface area contributed by atoms with Gasteiger partial charge in [0.15, 0.2) is 0 Å². The van der Waals surface area contributed by atoms with Crippen LogP contribution in [0.5, 0.6) is 0 Å². The molecule has 0 unspecified atom stereocenters. The first-order valence-corrected chi connectivity index (χ1v) is 9.91. The number of piperidine rings is 1. The molecular weight excluding hydrogens is 374 g/mol. The van der Waals surface area contributed by atoms with E-state index in [1.807, 2.05) is 24.0 Å². The zero-order valence-corrected chi connectivity index (χ0v) is 17.7. The smallest absolute Gasteiger partial charge is 0.255 e. The highest BCUT2D eigenvalue weighted by Gasteiger charge is 2.26. The summed E-state index contributed by atoms with van der Waals surface area (Å²) in [7, 11) is 0. The third-order valence-electron chi connectivity index (χ3n) is 5.42. The molecular formula is C22H32ClN3O2. The van der Waals surface area contributed by atoms with Crippen molar-refractivity contribution in [2.45, 2.75) is 45.8 Å². The van der Waals surface area contributed by atoms with Crippen LogP contribution in [-0.2, 0) is 11.3 Å². The second-order valence-corrected chi connectivity index (χ2v) is 7.36. The van der Waals surface area contributed by atoms with E-state index in [0.29, 0.717) is 6.54 Å². The predicted octanol–water partition coefficient (Wildman–Crippen LogP) is 3.55. The summed E-state index contributed by atoms with van der Waals surface area (Å²) >= 11 is 0. The second kappa shape index (κ2) is 10.6. The van der Waals surface area contributed by atoms with E-state index in [1.165, 1.54) is 5.56 Å². The number of aromatic nitrogens is 1. The van der Waals surface area contributed by atoms with Crippen molar-refractivity contribution < 1.29 is 9.53 Å². The highest BCUT2D eigenvalue weighted by Crippen LogP contribution is 2.22. The van der Waals surface area contributed by atoms with Gasteiger partial charge in [0.2, 0.25) is 0 Å². The summed E-state index contributed by atoms with van der Waals surface area (Å²) in [4.78, 5) is 15.0. The monoisotopic (exact) mass is 405 g/mol. The van der Waals surface area contributed by atoms with Crippen molar-refractivity contribution in [1.29, 1.82) is 0 Å². The first-order chi connectivity index (χ1) is 13.1. The maximum atomic E-state index is 13.1. The third-order valence-corrected chi connectivity index (χ3v) is 5.42. The van der Waals surface area contributed by atoms with Gasteiger partial charge in [0.05, 0.1) is 11.7 Å². The van der Waals surface area contributed by atoms with Crippen molar-refractivity contribution in [3.8, 4) is 0 Å². The van der Waals surface area contributed by atoms with E-state index in [2.05, 4.69) is 35.8 Å². The molecule has 1 aliphatic heterocycles. The summed E-state index contributed by atoms with van der Waals surface area (Å²) in [6, 6.07) is 12.4. The van der Waals surface area contributed by atoms with Crippen molar-refractivity contribution in [2.75, 3.05) is 26.2 Å². The van der Waals surface area contributed by atoms with Crippen LogP contribution in [0.4, 0.5) is 0 Å². The van der Waals surface area contributed by atoms with Gasteiger partial charge in [0.25, 0.3) is 5.91 Å². The van der Waals surface area contributed by atoms with Crippen molar-refractivity contribution in [3.63, 3.8) is 0 Å². The largest absolute Gasteiger partial charge is 0.378 e. The van der Waals surface area contributed by atoms with Crippen molar-refractivity contribution in [3.05, 3.63) is 58.9 Å². The molecule has 1 aromatic heterocycles. The van der Waals surface area contributed by atoms with Crippen LogP contribution >= 0.6 is 12.4 Å². The number of hydrogen-bond acceptors (Lipinski definition) is 3. The average molecular weight is 406 g/mol. The Morgan fingerprint density at radius 2 is 1.86 bits per heavy atom. The molecule has 2 N–H and O–H groups in total. The van der Waals surface area contributed by atoms with Crippen LogP contribution < -0.4 is 5.73 Å². The standard InChI is InChI=1S/C22H31N3O2.ClH/c1-17-15-21(18(2)25(17)16-19-7-4-3-5-8-19)22(26)24-12-9-20(10-13-24)27-14-6-11-23;/h3-5,7-8,15,20H,6,9-14,16,23H2,1-2H3;1H. The quantitative estimate of drug-likeness (QED) is 0.716. The number of amides is 1. The van der Waals surface area contributed by atoms with Crippen LogP contribution in [0.25, 0.3) is 0 Å². The number of rotatable bonds is 7. The lowest BCUT2D eigenvalue weighted by molar-refractivity contribution is 0.00843. The van der Waals surface area contributed by atoms with Crippen LogP contribution in [0, 0.1) is 13.8 Å². The first-order valence-electron chi connectivity index (χ1n) is 9.91. The first kappa shape index (κ1) is 22.5. The number of nitrogens with two attached hydrogens (primary N) is 1. The van der Waals surface area contributed by atoms with Gasteiger partial charge in [0, 0.05) is 37.6 Å². The molecule has 0 radical (unpaired) electrons. The van der Waals surface area contributed by atoms with Gasteiger partial charge in [-0.3, -0.25) is 4.79 Å². The predicted molar refractivity (Wildman–Crippen MR) is 115 cm³/mol. The summed E-state index contributed by atoms with van der Waals surface area (Å²) in [5.74, 6) is 0.141. The topological polar surface area (TPSA) is 60.5 Å². The Bertz CT molecular complexity index is 753. The maximum absolute atomic E-state index is 13.1. The molecule has 154 valence electrons. The van der Waals surface area contributed by atoms with E-state index in [4.69, 9.17) is 10.5 Å². The normalized spacial score (nSPS) is 14.8. The number of ether oxygens (including phenoxy) is 1. The SMILES string of the molecule is Cc1cc(C(=O)N2CCC(OCCCN)CC2)c(C)n1Cc1ccccc1.Cl. The van der Waals surface area contributed by atoms with Crippen LogP contribution in [0.3, 0.4) is 0 Å². The lowest BCUT2D eigenvalue weighted by Gasteiger charge is -2.32. The molecule has 1 aromatic carbocycles. The van der Waals surface area contributed by atoms with E-state index in [0.717, 1.165) is 62.5 Å². The summed E-state index contributed by atoms with van der Waals surface area (Å²) in [5, 5.41) is 0. The summed E-state index contributed by atoms with van der Waals surface area (Å²) < 4.78 is 8.08. The third kappa shape index (κ3) is 5.37. The van der Waals surface area contributed by atoms with Gasteiger partial charge in [-0.25, -0.2) is 0 Å². The molecule has 1 amide bonds. The number of aryl methyl sites for hydroxylation is 1. The molecule has 1 fully saturated rings. The fourth-order valence-electron chi connectivity index (χ4n) is 3.76. The molecule has 3 rings (SSSR count). The number of likely N-dealkylation sites (tertiary alicyclic amines) is 1. The highest BCUT2D eigenvalue weighted by atomic mass is 35.5. The maximum Gasteiger partial charge on any atom is 0.255 e. The Morgan fingerprint density at radius 3 is 2.50 bits per heavy atom. The van der Waals surface area contributed by atoms with Gasteiger partial charge >= 0.3 is 0 Å². The van der Waals surface area contributed by atoms with E-state index < -0.39 is 0 Å². The summed E-state index contributed by atoms with van der Waals surface area (Å²) in [6.45, 7) is 7.81. The fourth-order valence-corrected chi connectivity index (χ4v) is 3.76. The van der Waals surface area contributed by atoms with Gasteiger partial charge in [0.1, 0.15) is 0 Å². The number of carbonyl (C=O) groups is 1. The summed E-state index contributed by atoms with van der Waals surface area (Å²) in [6.07, 6.45) is 2.95. The molecule has 28 heavy (non-hydrogen) atoms. The van der Waals surface area contributed by atoms with E-state index in [-0.39, 0.29) is 24.4 Å². The Kier molecular flexibility index (Phi) is 8.55. The Hall–Kier alpha value is -1.82. The van der Waals surface area contributed by atoms with Gasteiger partial charge in [-0.15, -0.1) is 12.4 Å². The Labute approximate surface area is 174 Å². The molecule has 0 saturated carbocycles. The molecule has 0 aliphatic carbocycles. The van der Waals surface area contributed by atoms with Gasteiger partial charge in [-0.1, -0.05) is 30.3 Å². The number of nitrogens with zero attached hydrogens (tertiary/aromatic N) is 2. The van der Waals surface area contributed by atoms with E-state index in [9.17, 15) is 4.79 Å². The number of benzene rings is 1. The second-order valence-electron chi connectivity index (χ2n) is 7.36. The van der Waals surface area contributed by atoms with E-state index >= 15 is 0 Å². The lowest BCUT2D eigenvalue weighted by atomic mass is 10.1. The molecule has 0 atom stereocenters. The van der Waals surface area contributed by atoms with Crippen LogP contribution in [0.2, 0.25) is 0 Å². The Balaban J connectivity index is 0.00000280. The molecule has 2 aromatic rings. The molecule has 0 spiro atoms. The van der Waals surface area contributed by atoms with Crippen LogP contribution in [0.1, 0.15) is 46.6 Å². The molecule has 5 nitrogen and oxygen atoms in total. The minimum atomic E-state index is 0. The number of hydrogen-bond donors (Lipinski definition) is 1. The molecule has 6 heteroatoms. The summed E-state index contributed by atoms with van der Waals surface area (Å²) in [5.41, 5.74) is 9.75. The van der Waals surface area contributed by atoms with Crippen molar-refractivity contribution in [2.24, 2.45) is 5.73 Å². The zero-order chi connectivity index (χ0) is 19.2. The number of carbonyl (C=O) groups excluding carboxylic acids is 1. The highest BCUT2D eigenvalue weighted by molar-refractivity contribution is 5.95. The minimum absolute atomic E-state index is 0. The fraction of sp³-hybridized carbons (Fsp3) is 0.500. The van der Waals surface area contributed by atoms with Crippen molar-refractivity contribution in [1.82, 2.24) is 9.47 Å². The average Bonchev–Trinajstić information content (AvgIpc) is 2.97. The van der Waals surface area contributed by atoms with Crippen LogP contribution in [-0.4, -0.2) is 47.7 Å². The van der Waals surface area contributed by atoms with Crippen LogP contribution in [0.15, 0.2) is 36.4 Å². The molecule has 1 aliphatic rings. The van der Waals surface area contributed by atoms with Crippen molar-refractivity contribution >= 4 is 18.3 Å². The minimum Gasteiger partial charge on any atom is -0.378 e. The van der Waals surface area contributed by atoms with E-state index in [1.54, 1.807) is 0 Å². The molecule has 2 heterocycles.